The molecule has 1 N–H and O–H groups in total. The molecular weight excluding hydrogens is 392 g/mol. The maximum Gasteiger partial charge on any atom is 0.162 e. The summed E-state index contributed by atoms with van der Waals surface area (Å²) in [6, 6.07) is 16.6. The number of hydrogen-bond acceptors (Lipinski definition) is 5. The van der Waals surface area contributed by atoms with Crippen LogP contribution in [-0.4, -0.2) is 27.6 Å². The molecule has 0 saturated carbocycles. The number of thioether (sulfide) groups is 1. The zero-order chi connectivity index (χ0) is 21.3. The number of rotatable bonds is 6. The summed E-state index contributed by atoms with van der Waals surface area (Å²) in [5, 5.41) is 14.6. The van der Waals surface area contributed by atoms with Crippen molar-refractivity contribution in [3.05, 3.63) is 65.6 Å². The molecule has 0 atom stereocenters. The number of nitrogens with zero attached hydrogens (tertiary/aromatic N) is 3. The second-order valence-corrected chi connectivity index (χ2v) is 8.05. The molecule has 30 heavy (non-hydrogen) atoms. The molecule has 4 aromatic rings. The fourth-order valence-electron chi connectivity index (χ4n) is 3.94. The van der Waals surface area contributed by atoms with Crippen LogP contribution in [-0.2, 0) is 0 Å². The van der Waals surface area contributed by atoms with E-state index in [9.17, 15) is 0 Å². The van der Waals surface area contributed by atoms with Crippen molar-refractivity contribution < 1.29 is 4.74 Å². The molecule has 0 aliphatic rings. The Kier molecular flexibility index (Phi) is 5.68. The number of hydrogen-bond donors (Lipinski definition) is 1. The van der Waals surface area contributed by atoms with Gasteiger partial charge in [-0.3, -0.25) is 0 Å². The largest absolute Gasteiger partial charge is 0.494 e. The minimum Gasteiger partial charge on any atom is -0.494 e. The Morgan fingerprint density at radius 1 is 0.900 bits per heavy atom. The van der Waals surface area contributed by atoms with E-state index in [-0.39, 0.29) is 0 Å². The van der Waals surface area contributed by atoms with E-state index in [0.717, 1.165) is 50.8 Å². The van der Waals surface area contributed by atoms with E-state index in [1.54, 1.807) is 11.8 Å². The molecule has 6 heteroatoms. The Bertz CT molecular complexity index is 1180. The number of benzene rings is 2. The highest BCUT2D eigenvalue weighted by Gasteiger charge is 2.19. The summed E-state index contributed by atoms with van der Waals surface area (Å²) in [6.45, 7) is 8.94. The Labute approximate surface area is 181 Å². The Morgan fingerprint density at radius 2 is 1.57 bits per heavy atom. The number of nitrogens with one attached hydrogen (secondary N) is 1. The first kappa shape index (κ1) is 20.3. The van der Waals surface area contributed by atoms with Gasteiger partial charge in [0.05, 0.1) is 12.3 Å². The third-order valence-corrected chi connectivity index (χ3v) is 6.05. The minimum absolute atomic E-state index is 0.661. The average Bonchev–Trinajstić information content (AvgIpc) is 3.03. The van der Waals surface area contributed by atoms with Crippen LogP contribution in [0.5, 0.6) is 5.75 Å². The van der Waals surface area contributed by atoms with E-state index in [2.05, 4.69) is 76.6 Å². The number of ether oxygens (including phenoxy) is 1. The summed E-state index contributed by atoms with van der Waals surface area (Å²) in [7, 11) is 0. The molecule has 4 rings (SSSR count). The first-order valence-electron chi connectivity index (χ1n) is 10.0. The molecular formula is C24H26N4OS. The summed E-state index contributed by atoms with van der Waals surface area (Å²) in [5.41, 5.74) is 5.31. The van der Waals surface area contributed by atoms with Crippen molar-refractivity contribution in [1.82, 2.24) is 14.8 Å². The van der Waals surface area contributed by atoms with Crippen LogP contribution in [0.25, 0.3) is 16.5 Å². The van der Waals surface area contributed by atoms with Crippen molar-refractivity contribution >= 4 is 34.0 Å². The van der Waals surface area contributed by atoms with Crippen LogP contribution in [0, 0.1) is 20.8 Å². The Balaban J connectivity index is 1.82. The van der Waals surface area contributed by atoms with Gasteiger partial charge in [-0.1, -0.05) is 0 Å². The third kappa shape index (κ3) is 3.63. The molecule has 0 aliphatic heterocycles. The van der Waals surface area contributed by atoms with Gasteiger partial charge in [0.25, 0.3) is 0 Å². The summed E-state index contributed by atoms with van der Waals surface area (Å²) in [5.74, 6) is 1.65. The topological polar surface area (TPSA) is 52.0 Å². The molecule has 0 aliphatic carbocycles. The predicted molar refractivity (Wildman–Crippen MR) is 126 cm³/mol. The minimum atomic E-state index is 0.661. The summed E-state index contributed by atoms with van der Waals surface area (Å²) in [4.78, 5) is 1.23. The van der Waals surface area contributed by atoms with Crippen molar-refractivity contribution in [2.45, 2.75) is 32.6 Å². The number of anilines is 2. The molecule has 154 valence electrons. The van der Waals surface area contributed by atoms with Gasteiger partial charge in [-0.25, -0.2) is 0 Å². The summed E-state index contributed by atoms with van der Waals surface area (Å²) < 4.78 is 7.86. The molecule has 0 bridgehead atoms. The van der Waals surface area contributed by atoms with E-state index >= 15 is 0 Å². The van der Waals surface area contributed by atoms with Crippen LogP contribution in [0.3, 0.4) is 0 Å². The zero-order valence-corrected chi connectivity index (χ0v) is 18.8. The fraction of sp³-hybridized carbons (Fsp3) is 0.250. The van der Waals surface area contributed by atoms with Crippen molar-refractivity contribution in [3.8, 4) is 11.4 Å². The number of aryl methyl sites for hydroxylation is 3. The van der Waals surface area contributed by atoms with E-state index in [4.69, 9.17) is 4.74 Å². The Morgan fingerprint density at radius 3 is 2.20 bits per heavy atom. The SMILES string of the molecule is CCOc1ccc(-n2c(C)c3c(C)nnc(Nc4ccc(SC)cc4)c3c2C)cc1. The van der Waals surface area contributed by atoms with Crippen molar-refractivity contribution in [2.75, 3.05) is 18.2 Å². The van der Waals surface area contributed by atoms with Crippen molar-refractivity contribution in [3.63, 3.8) is 0 Å². The van der Waals surface area contributed by atoms with Crippen molar-refractivity contribution in [1.29, 1.82) is 0 Å². The second kappa shape index (κ2) is 8.40. The second-order valence-electron chi connectivity index (χ2n) is 7.17. The quantitative estimate of drug-likeness (QED) is 0.377. The maximum atomic E-state index is 5.60. The van der Waals surface area contributed by atoms with E-state index in [0.29, 0.717) is 6.61 Å². The van der Waals surface area contributed by atoms with Gasteiger partial charge in [0, 0.05) is 38.4 Å². The highest BCUT2D eigenvalue weighted by atomic mass is 32.2. The van der Waals surface area contributed by atoms with Gasteiger partial charge in [0.15, 0.2) is 5.82 Å². The van der Waals surface area contributed by atoms with Crippen LogP contribution in [0.4, 0.5) is 11.5 Å². The molecule has 0 radical (unpaired) electrons. The molecule has 0 saturated heterocycles. The monoisotopic (exact) mass is 418 g/mol. The average molecular weight is 419 g/mol. The van der Waals surface area contributed by atoms with Gasteiger partial charge in [0.1, 0.15) is 5.75 Å². The molecule has 0 unspecified atom stereocenters. The highest BCUT2D eigenvalue weighted by Crippen LogP contribution is 2.35. The maximum absolute atomic E-state index is 5.60. The Hall–Kier alpha value is -2.99. The lowest BCUT2D eigenvalue weighted by atomic mass is 10.1. The molecule has 0 amide bonds. The van der Waals surface area contributed by atoms with Crippen LogP contribution in [0.1, 0.15) is 24.0 Å². The molecule has 2 aromatic heterocycles. The van der Waals surface area contributed by atoms with Crippen molar-refractivity contribution in [2.24, 2.45) is 0 Å². The lowest BCUT2D eigenvalue weighted by molar-refractivity contribution is 0.340. The van der Waals surface area contributed by atoms with Gasteiger partial charge in [-0.15, -0.1) is 16.9 Å². The van der Waals surface area contributed by atoms with E-state index < -0.39 is 0 Å². The first-order chi connectivity index (χ1) is 14.5. The first-order valence-corrected chi connectivity index (χ1v) is 11.2. The molecule has 0 fully saturated rings. The highest BCUT2D eigenvalue weighted by molar-refractivity contribution is 7.98. The zero-order valence-electron chi connectivity index (χ0n) is 18.0. The lowest BCUT2D eigenvalue weighted by Crippen LogP contribution is -2.00. The molecule has 2 heterocycles. The van der Waals surface area contributed by atoms with Gasteiger partial charge in [0.2, 0.25) is 0 Å². The van der Waals surface area contributed by atoms with Gasteiger partial charge in [-0.05, 0) is 82.5 Å². The lowest BCUT2D eigenvalue weighted by Gasteiger charge is -2.11. The van der Waals surface area contributed by atoms with Gasteiger partial charge >= 0.3 is 0 Å². The molecule has 2 aromatic carbocycles. The predicted octanol–water partition coefficient (Wildman–Crippen LogP) is 6.21. The molecule has 5 nitrogen and oxygen atoms in total. The standard InChI is InChI=1S/C24H26N4OS/c1-6-29-20-11-9-19(10-12-20)28-16(3)22-15(2)26-27-24(23(22)17(28)4)25-18-7-13-21(30-5)14-8-18/h7-14H,6H2,1-5H3,(H,25,27). The number of aromatic nitrogens is 3. The summed E-state index contributed by atoms with van der Waals surface area (Å²) in [6.07, 6.45) is 2.08. The van der Waals surface area contributed by atoms with Gasteiger partial charge in [-0.2, -0.15) is 5.10 Å². The van der Waals surface area contributed by atoms with Crippen LogP contribution in [0.15, 0.2) is 53.4 Å². The smallest absolute Gasteiger partial charge is 0.162 e. The number of fused-ring (bicyclic) bond motifs is 1. The third-order valence-electron chi connectivity index (χ3n) is 5.30. The van der Waals surface area contributed by atoms with Crippen LogP contribution in [0.2, 0.25) is 0 Å². The molecule has 0 spiro atoms. The summed E-state index contributed by atoms with van der Waals surface area (Å²) >= 11 is 1.73. The van der Waals surface area contributed by atoms with E-state index in [1.165, 1.54) is 4.90 Å². The van der Waals surface area contributed by atoms with E-state index in [1.807, 2.05) is 26.0 Å². The normalized spacial score (nSPS) is 11.1. The van der Waals surface area contributed by atoms with Gasteiger partial charge < -0.3 is 14.6 Å². The fourth-order valence-corrected chi connectivity index (χ4v) is 4.35. The van der Waals surface area contributed by atoms with Crippen LogP contribution < -0.4 is 10.1 Å². The van der Waals surface area contributed by atoms with Crippen LogP contribution >= 0.6 is 11.8 Å².